The van der Waals surface area contributed by atoms with Crippen molar-refractivity contribution >= 4 is 41.5 Å². The Morgan fingerprint density at radius 2 is 1.13 bits per heavy atom. The lowest BCUT2D eigenvalue weighted by Gasteiger charge is -2.43. The molecule has 8 N–H and O–H groups in total. The first-order valence-corrected chi connectivity index (χ1v) is 26.4. The summed E-state index contributed by atoms with van der Waals surface area (Å²) in [5.74, 6) is -5.56. The fraction of sp³-hybridized carbons (Fsp3) is 0.863. The Morgan fingerprint density at radius 1 is 0.638 bits per heavy atom. The fourth-order valence-corrected chi connectivity index (χ4v) is 8.36. The molecular formula is C51H92N4O14. The number of carbonyl (C=O) groups excluding carboxylic acids is 6. The van der Waals surface area contributed by atoms with E-state index in [1.165, 1.54) is 117 Å². The molecule has 1 heterocycles. The van der Waals surface area contributed by atoms with Crippen molar-refractivity contribution in [3.05, 3.63) is 0 Å². The number of hydrogen-bond donors (Lipinski definition) is 7. The summed E-state index contributed by atoms with van der Waals surface area (Å²) in [6, 6.07) is -3.94. The maximum absolute atomic E-state index is 13.3. The van der Waals surface area contributed by atoms with Crippen LogP contribution >= 0.6 is 0 Å². The smallest absolute Gasteiger partial charge is 0.309 e. The van der Waals surface area contributed by atoms with E-state index in [1.807, 2.05) is 0 Å². The molecule has 4 amide bonds. The van der Waals surface area contributed by atoms with Crippen molar-refractivity contribution in [1.29, 1.82) is 0 Å². The Balaban J connectivity index is 2.84. The van der Waals surface area contributed by atoms with E-state index in [-0.39, 0.29) is 25.2 Å². The van der Waals surface area contributed by atoms with E-state index in [9.17, 15) is 43.8 Å². The average Bonchev–Trinajstić information content (AvgIpc) is 3.29. The molecule has 1 rings (SSSR count). The van der Waals surface area contributed by atoms with Crippen molar-refractivity contribution in [2.24, 2.45) is 5.73 Å². The zero-order chi connectivity index (χ0) is 51.4. The van der Waals surface area contributed by atoms with E-state index in [0.717, 1.165) is 51.9 Å². The van der Waals surface area contributed by atoms with Crippen LogP contribution in [0.15, 0.2) is 0 Å². The van der Waals surface area contributed by atoms with E-state index in [1.54, 1.807) is 0 Å². The molecule has 18 heteroatoms. The van der Waals surface area contributed by atoms with Crippen molar-refractivity contribution < 1.29 is 67.8 Å². The van der Waals surface area contributed by atoms with Crippen LogP contribution in [0.3, 0.4) is 0 Å². The summed E-state index contributed by atoms with van der Waals surface area (Å²) in [5.41, 5.74) is 5.30. The van der Waals surface area contributed by atoms with Gasteiger partial charge >= 0.3 is 17.9 Å². The first-order chi connectivity index (χ1) is 33.0. The Hall–Kier alpha value is -3.87. The third kappa shape index (κ3) is 30.5. The Morgan fingerprint density at radius 3 is 1.61 bits per heavy atom. The lowest BCUT2D eigenvalue weighted by atomic mass is 9.96. The molecule has 9 atom stereocenters. The number of primary amides is 1. The average molecular weight is 985 g/mol. The minimum Gasteiger partial charge on any atom is -0.481 e. The molecule has 2 unspecified atom stereocenters. The molecule has 1 aliphatic rings. The highest BCUT2D eigenvalue weighted by molar-refractivity contribution is 5.92. The Kier molecular flexibility index (Phi) is 35.5. The molecule has 69 heavy (non-hydrogen) atoms. The molecule has 1 aliphatic heterocycles. The van der Waals surface area contributed by atoms with Crippen molar-refractivity contribution in [2.75, 3.05) is 6.61 Å². The minimum absolute atomic E-state index is 0.232. The summed E-state index contributed by atoms with van der Waals surface area (Å²) in [6.45, 7) is 7.65. The third-order valence-corrected chi connectivity index (χ3v) is 12.6. The third-order valence-electron chi connectivity index (χ3n) is 12.6. The molecule has 0 radical (unpaired) electrons. The largest absolute Gasteiger partial charge is 0.481 e. The number of carbonyl (C=O) groups is 7. The number of nitrogens with one attached hydrogen (secondary N) is 3. The van der Waals surface area contributed by atoms with Gasteiger partial charge in [0, 0.05) is 19.8 Å². The van der Waals surface area contributed by atoms with Crippen LogP contribution in [0.1, 0.15) is 221 Å². The van der Waals surface area contributed by atoms with Crippen LogP contribution in [0.25, 0.3) is 0 Å². The standard InChI is InChI=1S/C51H92N4O14/c1-6-8-10-12-14-16-18-19-21-23-25-27-29-31-43(59)68-39(30-28-26-24-22-20-17-15-13-11-9-7-2)34-44(60)66-35-41-46(61)47(45(51(65)69-41)54-38(5)56)67-37(4)50(64)53-36(3)49(63)55-40(48(52)62)32-33-42(57)58/h36-37,39-41,45-47,51,61,65H,6-35H2,1-5H3,(H2,52,62)(H,53,64)(H,54,56)(H,55,63)(H,57,58)/t36-,37?,39+,40+,41+,45+,46+,47-,51?/m0/s1. The number of esters is 2. The van der Waals surface area contributed by atoms with Gasteiger partial charge in [0.1, 0.15) is 55.3 Å². The molecule has 0 saturated carbocycles. The Labute approximate surface area is 412 Å². The van der Waals surface area contributed by atoms with Gasteiger partial charge in [-0.1, -0.05) is 155 Å². The van der Waals surface area contributed by atoms with Crippen LogP contribution in [0.5, 0.6) is 0 Å². The lowest BCUT2D eigenvalue weighted by Crippen LogP contribution is -2.66. The molecule has 1 saturated heterocycles. The van der Waals surface area contributed by atoms with Crippen molar-refractivity contribution in [3.8, 4) is 0 Å². The van der Waals surface area contributed by atoms with Gasteiger partial charge in [-0.2, -0.15) is 0 Å². The number of nitrogens with two attached hydrogens (primary N) is 1. The fourth-order valence-electron chi connectivity index (χ4n) is 8.36. The maximum Gasteiger partial charge on any atom is 0.309 e. The number of aliphatic hydroxyl groups is 2. The highest BCUT2D eigenvalue weighted by Gasteiger charge is 2.47. The summed E-state index contributed by atoms with van der Waals surface area (Å²) < 4.78 is 22.8. The summed E-state index contributed by atoms with van der Waals surface area (Å²) in [5, 5.41) is 38.4. The predicted octanol–water partition coefficient (Wildman–Crippen LogP) is 6.71. The highest BCUT2D eigenvalue weighted by atomic mass is 16.6. The normalized spacial score (nSPS) is 19.7. The van der Waals surface area contributed by atoms with E-state index >= 15 is 0 Å². The number of ether oxygens (including phenoxy) is 4. The van der Waals surface area contributed by atoms with Gasteiger partial charge in [-0.05, 0) is 39.5 Å². The van der Waals surface area contributed by atoms with Crippen LogP contribution in [-0.2, 0) is 52.5 Å². The maximum atomic E-state index is 13.3. The van der Waals surface area contributed by atoms with Gasteiger partial charge in [0.2, 0.25) is 23.6 Å². The van der Waals surface area contributed by atoms with Crippen LogP contribution in [0, 0.1) is 0 Å². The summed E-state index contributed by atoms with van der Waals surface area (Å²) in [6.07, 6.45) is 19.4. The van der Waals surface area contributed by atoms with Gasteiger partial charge < -0.3 is 56.0 Å². The van der Waals surface area contributed by atoms with E-state index in [2.05, 4.69) is 29.8 Å². The van der Waals surface area contributed by atoms with Crippen LogP contribution in [0.4, 0.5) is 0 Å². The van der Waals surface area contributed by atoms with Gasteiger partial charge in [0.15, 0.2) is 6.29 Å². The molecule has 0 aromatic heterocycles. The van der Waals surface area contributed by atoms with Gasteiger partial charge in [0.25, 0.3) is 0 Å². The van der Waals surface area contributed by atoms with Crippen LogP contribution in [-0.4, -0.2) is 118 Å². The number of aliphatic hydroxyl groups excluding tert-OH is 2. The molecule has 0 aromatic carbocycles. The van der Waals surface area contributed by atoms with Crippen molar-refractivity contribution in [3.63, 3.8) is 0 Å². The number of unbranched alkanes of at least 4 members (excludes halogenated alkanes) is 22. The number of hydrogen-bond acceptors (Lipinski definition) is 13. The molecular weight excluding hydrogens is 893 g/mol. The molecule has 18 nitrogen and oxygen atoms in total. The topological polar surface area (TPSA) is 279 Å². The first-order valence-electron chi connectivity index (χ1n) is 26.4. The lowest BCUT2D eigenvalue weighted by molar-refractivity contribution is -0.267. The van der Waals surface area contributed by atoms with Gasteiger partial charge in [-0.25, -0.2) is 0 Å². The second kappa shape index (κ2) is 38.8. The summed E-state index contributed by atoms with van der Waals surface area (Å²) in [7, 11) is 0. The van der Waals surface area contributed by atoms with Crippen molar-refractivity contribution in [2.45, 2.75) is 276 Å². The van der Waals surface area contributed by atoms with Crippen LogP contribution < -0.4 is 21.7 Å². The Bertz CT molecular complexity index is 1470. The number of rotatable bonds is 42. The zero-order valence-corrected chi connectivity index (χ0v) is 42.8. The molecule has 0 bridgehead atoms. The SMILES string of the molecule is CCCCCCCCCCCCCCCC(=O)O[C@H](CCCCCCCCCCCCC)CC(=O)OC[C@H]1OC(O)[C@H](NC(C)=O)[C@H](OC(C)C(=O)N[C@@H](C)C(=O)N[C@H](CCC(=O)O)C(N)=O)[C@@H]1O. The number of carboxylic acid groups (broad SMARTS) is 1. The number of aliphatic carboxylic acids is 1. The molecule has 400 valence electrons. The predicted molar refractivity (Wildman–Crippen MR) is 261 cm³/mol. The zero-order valence-electron chi connectivity index (χ0n) is 42.8. The summed E-state index contributed by atoms with van der Waals surface area (Å²) in [4.78, 5) is 87.1. The van der Waals surface area contributed by atoms with E-state index < -0.39 is 104 Å². The second-order valence-corrected chi connectivity index (χ2v) is 19.0. The summed E-state index contributed by atoms with van der Waals surface area (Å²) >= 11 is 0. The molecule has 0 aromatic rings. The minimum atomic E-state index is -1.78. The van der Waals surface area contributed by atoms with Crippen molar-refractivity contribution in [1.82, 2.24) is 16.0 Å². The van der Waals surface area contributed by atoms with Gasteiger partial charge in [0.05, 0.1) is 6.42 Å². The van der Waals surface area contributed by atoms with Crippen LogP contribution in [0.2, 0.25) is 0 Å². The molecule has 0 aliphatic carbocycles. The van der Waals surface area contributed by atoms with Gasteiger partial charge in [-0.15, -0.1) is 0 Å². The van der Waals surface area contributed by atoms with E-state index in [0.29, 0.717) is 12.8 Å². The molecule has 0 spiro atoms. The number of amides is 4. The van der Waals surface area contributed by atoms with E-state index in [4.69, 9.17) is 29.8 Å². The highest BCUT2D eigenvalue weighted by Crippen LogP contribution is 2.25. The molecule has 1 fully saturated rings. The second-order valence-electron chi connectivity index (χ2n) is 19.0. The monoisotopic (exact) mass is 985 g/mol. The quantitative estimate of drug-likeness (QED) is 0.0247. The number of carboxylic acids is 1. The van der Waals surface area contributed by atoms with Gasteiger partial charge in [-0.3, -0.25) is 33.6 Å². The first kappa shape index (κ1) is 63.1.